The molecule has 0 radical (unpaired) electrons. The van der Waals surface area contributed by atoms with Gasteiger partial charge in [-0.05, 0) is 118 Å². The zero-order chi connectivity index (χ0) is 30.8. The number of rotatable bonds is 21. The minimum atomic E-state index is -4.58. The second-order valence-electron chi connectivity index (χ2n) is 12.0. The highest BCUT2D eigenvalue weighted by molar-refractivity contribution is 7.72. The lowest BCUT2D eigenvalue weighted by atomic mass is 9.87. The molecule has 0 aliphatic heterocycles. The van der Waals surface area contributed by atoms with Gasteiger partial charge in [-0.2, -0.15) is 0 Å². The van der Waals surface area contributed by atoms with E-state index in [9.17, 15) is 14.0 Å². The number of allylic oxidation sites excluding steroid dienone is 10. The zero-order valence-corrected chi connectivity index (χ0v) is 28.3. The van der Waals surface area contributed by atoms with Crippen LogP contribution < -0.4 is 0 Å². The second-order valence-corrected chi connectivity index (χ2v) is 16.4. The molecule has 0 heterocycles. The molecule has 40 heavy (non-hydrogen) atoms. The summed E-state index contributed by atoms with van der Waals surface area (Å²) < 4.78 is 29.0. The van der Waals surface area contributed by atoms with Crippen molar-refractivity contribution in [1.82, 2.24) is 0 Å². The van der Waals surface area contributed by atoms with Gasteiger partial charge in [0, 0.05) is 0 Å². The molecule has 0 amide bonds. The Labute approximate surface area is 245 Å². The lowest BCUT2D eigenvalue weighted by Gasteiger charge is -2.24. The van der Waals surface area contributed by atoms with Crippen molar-refractivity contribution < 1.29 is 28.5 Å². The van der Waals surface area contributed by atoms with E-state index in [0.717, 1.165) is 57.8 Å². The quantitative estimate of drug-likeness (QED) is 0.0895. The third kappa shape index (κ3) is 23.7. The Hall–Kier alpha value is -1.00. The van der Waals surface area contributed by atoms with Crippen LogP contribution in [0, 0.1) is 11.8 Å². The number of hydrogen-bond donors (Lipinski definition) is 3. The molecule has 0 aliphatic carbocycles. The van der Waals surface area contributed by atoms with Crippen molar-refractivity contribution >= 4 is 15.0 Å². The van der Waals surface area contributed by atoms with Gasteiger partial charge in [0.15, 0.2) is 0 Å². The Morgan fingerprint density at radius 3 is 1.62 bits per heavy atom. The predicted molar refractivity (Wildman–Crippen MR) is 172 cm³/mol. The number of hydrogen-bond acceptors (Lipinski definition) is 3. The van der Waals surface area contributed by atoms with Crippen LogP contribution in [0.1, 0.15) is 113 Å². The second kappa shape index (κ2) is 20.8. The molecule has 3 N–H and O–H groups in total. The smallest absolute Gasteiger partial charge is 0.335 e. The van der Waals surface area contributed by atoms with Gasteiger partial charge in [-0.1, -0.05) is 65.2 Å². The van der Waals surface area contributed by atoms with Crippen LogP contribution in [-0.2, 0) is 13.9 Å². The fourth-order valence-corrected chi connectivity index (χ4v) is 7.37. The van der Waals surface area contributed by atoms with E-state index < -0.39 is 27.2 Å². The molecule has 0 fully saturated rings. The van der Waals surface area contributed by atoms with Gasteiger partial charge >= 0.3 is 7.60 Å². The van der Waals surface area contributed by atoms with Gasteiger partial charge in [-0.3, -0.25) is 9.13 Å². The molecule has 6 nitrogen and oxygen atoms in total. The maximum atomic E-state index is 12.2. The molecule has 0 rings (SSSR count). The molecule has 8 heteroatoms. The average Bonchev–Trinajstić information content (AvgIpc) is 2.79. The maximum absolute atomic E-state index is 12.2. The highest BCUT2D eigenvalue weighted by Crippen LogP contribution is 2.54. The highest BCUT2D eigenvalue weighted by Gasteiger charge is 2.30. The lowest BCUT2D eigenvalue weighted by Crippen LogP contribution is -2.18. The van der Waals surface area contributed by atoms with Crippen LogP contribution in [0.15, 0.2) is 58.2 Å². The van der Waals surface area contributed by atoms with E-state index in [1.54, 1.807) is 0 Å². The summed E-state index contributed by atoms with van der Waals surface area (Å²) in [5.41, 5.74) is 6.81. The minimum absolute atomic E-state index is 0.144. The number of ether oxygens (including phenoxy) is 1. The standard InChI is InChI=1S/C32H58O6P2/c1-26(2)13-9-15-28(5)17-11-18-30(7)21-22-32(23-38-24-39(33,34)25-40(35,36)37)31(8)20-12-19-29(6)16-10-14-27(3)4/h13-14,17,19,21,31-32H,9-12,15-16,18,20,22-25H2,1-8H3,(H,33,34)(H2,35,36,37)/b28-17+,29-19+,30-21+. The molecule has 0 aromatic carbocycles. The Morgan fingerprint density at radius 1 is 0.700 bits per heavy atom. The van der Waals surface area contributed by atoms with E-state index >= 15 is 0 Å². The molecular weight excluding hydrogens is 542 g/mol. The van der Waals surface area contributed by atoms with E-state index in [4.69, 9.17) is 14.5 Å². The summed E-state index contributed by atoms with van der Waals surface area (Å²) in [5.74, 6) is -0.578. The predicted octanol–water partition coefficient (Wildman–Crippen LogP) is 9.90. The molecule has 0 bridgehead atoms. The largest absolute Gasteiger partial charge is 0.371 e. The summed E-state index contributed by atoms with van der Waals surface area (Å²) in [6, 6.07) is 0. The van der Waals surface area contributed by atoms with Crippen LogP contribution in [-0.4, -0.2) is 33.5 Å². The third-order valence-corrected chi connectivity index (χ3v) is 10.8. The fraction of sp³-hybridized carbons (Fsp3) is 0.688. The van der Waals surface area contributed by atoms with Crippen LogP contribution in [0.4, 0.5) is 0 Å². The Morgan fingerprint density at radius 2 is 1.15 bits per heavy atom. The van der Waals surface area contributed by atoms with Crippen LogP contribution in [0.25, 0.3) is 0 Å². The Balaban J connectivity index is 5.13. The maximum Gasteiger partial charge on any atom is 0.335 e. The van der Waals surface area contributed by atoms with Gasteiger partial charge in [-0.15, -0.1) is 0 Å². The lowest BCUT2D eigenvalue weighted by molar-refractivity contribution is 0.104. The molecule has 0 saturated heterocycles. The first-order chi connectivity index (χ1) is 18.5. The van der Waals surface area contributed by atoms with Gasteiger partial charge in [0.25, 0.3) is 0 Å². The average molecular weight is 601 g/mol. The molecular formula is C32H58O6P2. The van der Waals surface area contributed by atoms with E-state index in [2.05, 4.69) is 85.8 Å². The van der Waals surface area contributed by atoms with Gasteiger partial charge in [0.05, 0.1) is 6.61 Å². The summed E-state index contributed by atoms with van der Waals surface area (Å²) in [6.07, 6.45) is 19.9. The van der Waals surface area contributed by atoms with Crippen molar-refractivity contribution in [2.24, 2.45) is 11.8 Å². The SMILES string of the molecule is CC(C)=CCC/C(C)=C/CC/C(C)=C/CC(COCP(=O)(O)CP(=O)(O)O)C(C)CC/C=C(\C)CCC=C(C)C. The van der Waals surface area contributed by atoms with Gasteiger partial charge in [0.1, 0.15) is 12.3 Å². The Kier molecular flexibility index (Phi) is 20.3. The fourth-order valence-electron chi connectivity index (χ4n) is 4.35. The first-order valence-corrected chi connectivity index (χ1v) is 18.5. The van der Waals surface area contributed by atoms with Crippen molar-refractivity contribution in [2.45, 2.75) is 113 Å². The topological polar surface area (TPSA) is 104 Å². The summed E-state index contributed by atoms with van der Waals surface area (Å²) in [7, 11) is -8.64. The molecule has 0 aromatic rings. The van der Waals surface area contributed by atoms with E-state index in [1.807, 2.05) is 0 Å². The van der Waals surface area contributed by atoms with E-state index in [1.165, 1.54) is 27.9 Å². The monoisotopic (exact) mass is 600 g/mol. The van der Waals surface area contributed by atoms with Gasteiger partial charge < -0.3 is 19.4 Å². The summed E-state index contributed by atoms with van der Waals surface area (Å²) >= 11 is 0. The first kappa shape index (κ1) is 39.0. The van der Waals surface area contributed by atoms with Gasteiger partial charge in [-0.25, -0.2) is 0 Å². The highest BCUT2D eigenvalue weighted by atomic mass is 31.2. The third-order valence-electron chi connectivity index (χ3n) is 6.93. The van der Waals surface area contributed by atoms with E-state index in [-0.39, 0.29) is 12.5 Å². The Bertz CT molecular complexity index is 975. The molecule has 0 aromatic heterocycles. The van der Waals surface area contributed by atoms with Gasteiger partial charge in [0.2, 0.25) is 7.37 Å². The van der Waals surface area contributed by atoms with Crippen molar-refractivity contribution in [3.8, 4) is 0 Å². The van der Waals surface area contributed by atoms with Crippen LogP contribution in [0.3, 0.4) is 0 Å². The van der Waals surface area contributed by atoms with E-state index in [0.29, 0.717) is 5.92 Å². The van der Waals surface area contributed by atoms with Crippen LogP contribution in [0.5, 0.6) is 0 Å². The summed E-state index contributed by atoms with van der Waals surface area (Å²) in [6.45, 7) is 17.5. The van der Waals surface area contributed by atoms with Crippen molar-refractivity contribution in [2.75, 3.05) is 18.9 Å². The molecule has 3 atom stereocenters. The van der Waals surface area contributed by atoms with Crippen LogP contribution >= 0.6 is 15.0 Å². The minimum Gasteiger partial charge on any atom is -0.371 e. The van der Waals surface area contributed by atoms with Crippen molar-refractivity contribution in [1.29, 1.82) is 0 Å². The van der Waals surface area contributed by atoms with Crippen molar-refractivity contribution in [3.63, 3.8) is 0 Å². The molecule has 0 aliphatic rings. The molecule has 232 valence electrons. The van der Waals surface area contributed by atoms with Crippen LogP contribution in [0.2, 0.25) is 0 Å². The summed E-state index contributed by atoms with van der Waals surface area (Å²) in [5, 5.41) is 0. The first-order valence-electron chi connectivity index (χ1n) is 14.7. The molecule has 0 saturated carbocycles. The summed E-state index contributed by atoms with van der Waals surface area (Å²) in [4.78, 5) is 28.1. The zero-order valence-electron chi connectivity index (χ0n) is 26.5. The normalized spacial score (nSPS) is 16.3. The molecule has 0 spiro atoms. The molecule has 3 unspecified atom stereocenters. The van der Waals surface area contributed by atoms with Crippen molar-refractivity contribution in [3.05, 3.63) is 58.2 Å².